The summed E-state index contributed by atoms with van der Waals surface area (Å²) in [5.74, 6) is 0.343. The average molecular weight is 289 g/mol. The maximum absolute atomic E-state index is 12.0. The lowest BCUT2D eigenvalue weighted by Gasteiger charge is -2.21. The van der Waals surface area contributed by atoms with Gasteiger partial charge >= 0.3 is 0 Å². The maximum Gasteiger partial charge on any atom is 0.234 e. The van der Waals surface area contributed by atoms with Crippen molar-refractivity contribution in [1.29, 1.82) is 0 Å². The summed E-state index contributed by atoms with van der Waals surface area (Å²) in [4.78, 5) is 24.9. The summed E-state index contributed by atoms with van der Waals surface area (Å²) in [5.41, 5.74) is 6.33. The molecule has 0 saturated heterocycles. The normalized spacial score (nSPS) is 14.1. The predicted molar refractivity (Wildman–Crippen MR) is 81.3 cm³/mol. The first-order valence-electron chi connectivity index (χ1n) is 7.45. The minimum Gasteiger partial charge on any atom is -0.370 e. The number of primary amides is 1. The molecule has 1 aromatic rings. The van der Waals surface area contributed by atoms with Crippen LogP contribution in [-0.2, 0) is 16.1 Å². The van der Waals surface area contributed by atoms with E-state index in [1.807, 2.05) is 35.2 Å². The van der Waals surface area contributed by atoms with E-state index < -0.39 is 0 Å². The Hall–Kier alpha value is -1.88. The third-order valence-corrected chi connectivity index (χ3v) is 3.58. The Morgan fingerprint density at radius 1 is 1.24 bits per heavy atom. The number of carbonyl (C=O) groups excluding carboxylic acids is 2. The van der Waals surface area contributed by atoms with Gasteiger partial charge in [0.25, 0.3) is 0 Å². The molecule has 0 atom stereocenters. The molecule has 0 radical (unpaired) electrons. The van der Waals surface area contributed by atoms with E-state index >= 15 is 0 Å². The van der Waals surface area contributed by atoms with Crippen LogP contribution in [0.1, 0.15) is 24.8 Å². The van der Waals surface area contributed by atoms with Gasteiger partial charge in [-0.15, -0.1) is 0 Å². The van der Waals surface area contributed by atoms with Crippen molar-refractivity contribution in [3.63, 3.8) is 0 Å². The Labute approximate surface area is 125 Å². The second kappa shape index (κ2) is 7.78. The van der Waals surface area contributed by atoms with Crippen molar-refractivity contribution < 1.29 is 9.59 Å². The second-order valence-electron chi connectivity index (χ2n) is 5.66. The Bertz CT molecular complexity index is 472. The van der Waals surface area contributed by atoms with Gasteiger partial charge in [0.1, 0.15) is 0 Å². The van der Waals surface area contributed by atoms with Gasteiger partial charge in [-0.2, -0.15) is 0 Å². The van der Waals surface area contributed by atoms with Crippen LogP contribution in [-0.4, -0.2) is 36.3 Å². The molecule has 1 aliphatic rings. The molecule has 2 rings (SSSR count). The molecule has 3 N–H and O–H groups in total. The zero-order valence-corrected chi connectivity index (χ0v) is 12.3. The summed E-state index contributed by atoms with van der Waals surface area (Å²) >= 11 is 0. The highest BCUT2D eigenvalue weighted by Crippen LogP contribution is 2.27. The van der Waals surface area contributed by atoms with Gasteiger partial charge in [0.05, 0.1) is 6.54 Å². The van der Waals surface area contributed by atoms with Gasteiger partial charge < -0.3 is 11.1 Å². The number of nitrogens with zero attached hydrogens (tertiary/aromatic N) is 1. The van der Waals surface area contributed by atoms with Crippen LogP contribution in [0.5, 0.6) is 0 Å². The quantitative estimate of drug-likeness (QED) is 0.709. The minimum atomic E-state index is -0.341. The van der Waals surface area contributed by atoms with Crippen molar-refractivity contribution in [2.24, 2.45) is 11.7 Å². The summed E-state index contributed by atoms with van der Waals surface area (Å²) in [5, 5.41) is 2.95. The zero-order chi connectivity index (χ0) is 15.1. The molecular weight excluding hydrogens is 266 g/mol. The number of hydrogen-bond donors (Lipinski definition) is 2. The van der Waals surface area contributed by atoms with Gasteiger partial charge in [-0.1, -0.05) is 30.3 Å². The first-order valence-corrected chi connectivity index (χ1v) is 7.45. The fourth-order valence-electron chi connectivity index (χ4n) is 2.16. The van der Waals surface area contributed by atoms with Crippen LogP contribution in [0.4, 0.5) is 0 Å². The van der Waals surface area contributed by atoms with Crippen molar-refractivity contribution in [3.05, 3.63) is 35.9 Å². The lowest BCUT2D eigenvalue weighted by molar-refractivity contribution is -0.123. The molecular formula is C16H23N3O2. The van der Waals surface area contributed by atoms with Crippen LogP contribution < -0.4 is 11.1 Å². The molecule has 114 valence electrons. The SMILES string of the molecule is NC(=O)CCN(CC(=O)NCC1CC1)Cc1ccccc1. The topological polar surface area (TPSA) is 75.4 Å². The minimum absolute atomic E-state index is 0.0160. The van der Waals surface area contributed by atoms with E-state index in [0.29, 0.717) is 25.6 Å². The van der Waals surface area contributed by atoms with Gasteiger partial charge in [0.2, 0.25) is 11.8 Å². The third-order valence-electron chi connectivity index (χ3n) is 3.58. The molecule has 0 spiro atoms. The van der Waals surface area contributed by atoms with Gasteiger partial charge in [-0.05, 0) is 24.3 Å². The van der Waals surface area contributed by atoms with Gasteiger partial charge in [-0.25, -0.2) is 0 Å². The maximum atomic E-state index is 12.0. The van der Waals surface area contributed by atoms with Crippen molar-refractivity contribution in [2.75, 3.05) is 19.6 Å². The van der Waals surface area contributed by atoms with Crippen LogP contribution >= 0.6 is 0 Å². The van der Waals surface area contributed by atoms with Crippen LogP contribution in [0.15, 0.2) is 30.3 Å². The zero-order valence-electron chi connectivity index (χ0n) is 12.3. The Balaban J connectivity index is 1.84. The highest BCUT2D eigenvalue weighted by molar-refractivity contribution is 5.78. The predicted octanol–water partition coefficient (Wildman–Crippen LogP) is 0.890. The van der Waals surface area contributed by atoms with Crippen LogP contribution in [0, 0.1) is 5.92 Å². The number of carbonyl (C=O) groups is 2. The van der Waals surface area contributed by atoms with E-state index in [-0.39, 0.29) is 18.2 Å². The van der Waals surface area contributed by atoms with Gasteiger partial charge in [0.15, 0.2) is 0 Å². The monoisotopic (exact) mass is 289 g/mol. The fourth-order valence-corrected chi connectivity index (χ4v) is 2.16. The molecule has 1 fully saturated rings. The first kappa shape index (κ1) is 15.5. The Morgan fingerprint density at radius 3 is 2.57 bits per heavy atom. The number of amides is 2. The molecule has 0 aliphatic heterocycles. The molecule has 1 saturated carbocycles. The van der Waals surface area contributed by atoms with E-state index in [0.717, 1.165) is 12.1 Å². The smallest absolute Gasteiger partial charge is 0.234 e. The van der Waals surface area contributed by atoms with Gasteiger partial charge in [-0.3, -0.25) is 14.5 Å². The standard InChI is InChI=1S/C16H23N3O2/c17-15(20)8-9-19(11-14-4-2-1-3-5-14)12-16(21)18-10-13-6-7-13/h1-5,13H,6-12H2,(H2,17,20)(H,18,21). The van der Waals surface area contributed by atoms with E-state index in [1.54, 1.807) is 0 Å². The molecule has 5 nitrogen and oxygen atoms in total. The molecule has 21 heavy (non-hydrogen) atoms. The Kier molecular flexibility index (Phi) is 5.75. The lowest BCUT2D eigenvalue weighted by atomic mass is 10.2. The van der Waals surface area contributed by atoms with Crippen LogP contribution in [0.2, 0.25) is 0 Å². The largest absolute Gasteiger partial charge is 0.370 e. The van der Waals surface area contributed by atoms with Crippen molar-refractivity contribution in [2.45, 2.75) is 25.8 Å². The lowest BCUT2D eigenvalue weighted by Crippen LogP contribution is -2.39. The summed E-state index contributed by atoms with van der Waals surface area (Å²) < 4.78 is 0. The summed E-state index contributed by atoms with van der Waals surface area (Å²) in [6.45, 7) is 2.22. The first-order chi connectivity index (χ1) is 10.1. The van der Waals surface area contributed by atoms with Crippen LogP contribution in [0.3, 0.4) is 0 Å². The molecule has 1 aromatic carbocycles. The highest BCUT2D eigenvalue weighted by Gasteiger charge is 2.22. The third kappa shape index (κ3) is 6.40. The molecule has 0 heterocycles. The number of hydrogen-bond acceptors (Lipinski definition) is 3. The molecule has 0 bridgehead atoms. The van der Waals surface area contributed by atoms with E-state index in [1.165, 1.54) is 12.8 Å². The van der Waals surface area contributed by atoms with Crippen molar-refractivity contribution in [1.82, 2.24) is 10.2 Å². The second-order valence-corrected chi connectivity index (χ2v) is 5.66. The molecule has 0 unspecified atom stereocenters. The molecule has 5 heteroatoms. The average Bonchev–Trinajstić information content (AvgIpc) is 3.28. The number of nitrogens with two attached hydrogens (primary N) is 1. The molecule has 2 amide bonds. The van der Waals surface area contributed by atoms with Crippen molar-refractivity contribution in [3.8, 4) is 0 Å². The van der Waals surface area contributed by atoms with Crippen LogP contribution in [0.25, 0.3) is 0 Å². The molecule has 0 aromatic heterocycles. The fraction of sp³-hybridized carbons (Fsp3) is 0.500. The van der Waals surface area contributed by atoms with E-state index in [2.05, 4.69) is 5.32 Å². The van der Waals surface area contributed by atoms with E-state index in [4.69, 9.17) is 5.73 Å². The highest BCUT2D eigenvalue weighted by atomic mass is 16.2. The summed E-state index contributed by atoms with van der Waals surface area (Å²) in [7, 11) is 0. The van der Waals surface area contributed by atoms with Crippen molar-refractivity contribution >= 4 is 11.8 Å². The summed E-state index contributed by atoms with van der Waals surface area (Å²) in [6, 6.07) is 9.92. The summed E-state index contributed by atoms with van der Waals surface area (Å²) in [6.07, 6.45) is 2.70. The van der Waals surface area contributed by atoms with Gasteiger partial charge in [0, 0.05) is 26.1 Å². The number of rotatable bonds is 9. The molecule has 1 aliphatic carbocycles. The Morgan fingerprint density at radius 2 is 1.95 bits per heavy atom. The number of nitrogens with one attached hydrogen (secondary N) is 1. The number of benzene rings is 1. The van der Waals surface area contributed by atoms with E-state index in [9.17, 15) is 9.59 Å².